The molecule has 0 aliphatic carbocycles. The van der Waals surface area contributed by atoms with Gasteiger partial charge in [0.2, 0.25) is 0 Å². The van der Waals surface area contributed by atoms with Crippen molar-refractivity contribution in [3.8, 4) is 0 Å². The molecule has 0 aromatic heterocycles. The second-order valence-corrected chi connectivity index (χ2v) is 4.29. The summed E-state index contributed by atoms with van der Waals surface area (Å²) >= 11 is 0. The Balaban J connectivity index is 2.18. The molecule has 0 radical (unpaired) electrons. The normalized spacial score (nSPS) is 15.8. The molecule has 0 atom stereocenters. The first-order valence-corrected chi connectivity index (χ1v) is 5.74. The Labute approximate surface area is 95.7 Å². The Hall–Kier alpha value is -1.35. The van der Waals surface area contributed by atoms with Gasteiger partial charge in [0.15, 0.2) is 0 Å². The van der Waals surface area contributed by atoms with E-state index in [0.717, 1.165) is 31.6 Å². The Morgan fingerprint density at radius 2 is 2.25 bits per heavy atom. The van der Waals surface area contributed by atoms with Crippen molar-refractivity contribution >= 4 is 5.97 Å². The van der Waals surface area contributed by atoms with Crippen molar-refractivity contribution in [2.45, 2.75) is 26.3 Å². The molecule has 1 aliphatic heterocycles. The smallest absolute Gasteiger partial charge is 0.307 e. The van der Waals surface area contributed by atoms with E-state index in [1.165, 1.54) is 11.1 Å². The van der Waals surface area contributed by atoms with E-state index < -0.39 is 5.97 Å². The van der Waals surface area contributed by atoms with Crippen molar-refractivity contribution in [1.82, 2.24) is 4.90 Å². The number of fused-ring (bicyclic) bond motifs is 1. The van der Waals surface area contributed by atoms with Gasteiger partial charge in [-0.2, -0.15) is 0 Å². The summed E-state index contributed by atoms with van der Waals surface area (Å²) in [7, 11) is 0. The minimum atomic E-state index is -0.758. The number of nitrogens with zero attached hydrogens (tertiary/aromatic N) is 1. The topological polar surface area (TPSA) is 40.5 Å². The highest BCUT2D eigenvalue weighted by molar-refractivity contribution is 5.70. The molecule has 3 heteroatoms. The van der Waals surface area contributed by atoms with Crippen LogP contribution in [-0.2, 0) is 24.2 Å². The van der Waals surface area contributed by atoms with Crippen LogP contribution in [0.15, 0.2) is 18.2 Å². The lowest BCUT2D eigenvalue weighted by molar-refractivity contribution is -0.136. The van der Waals surface area contributed by atoms with Gasteiger partial charge in [0.1, 0.15) is 0 Å². The first-order valence-electron chi connectivity index (χ1n) is 5.74. The van der Waals surface area contributed by atoms with Gasteiger partial charge >= 0.3 is 5.97 Å². The van der Waals surface area contributed by atoms with Gasteiger partial charge < -0.3 is 5.11 Å². The third kappa shape index (κ3) is 2.42. The average molecular weight is 219 g/mol. The van der Waals surface area contributed by atoms with E-state index in [9.17, 15) is 4.79 Å². The number of hydrogen-bond donors (Lipinski definition) is 1. The first kappa shape index (κ1) is 11.1. The summed E-state index contributed by atoms with van der Waals surface area (Å²) in [5.41, 5.74) is 3.59. The van der Waals surface area contributed by atoms with Gasteiger partial charge in [0, 0.05) is 13.1 Å². The highest BCUT2D eigenvalue weighted by Crippen LogP contribution is 2.20. The number of carboxylic acids is 1. The van der Waals surface area contributed by atoms with Crippen molar-refractivity contribution in [3.63, 3.8) is 0 Å². The van der Waals surface area contributed by atoms with Crippen LogP contribution in [0, 0.1) is 0 Å². The van der Waals surface area contributed by atoms with Crippen molar-refractivity contribution in [2.24, 2.45) is 0 Å². The van der Waals surface area contributed by atoms with E-state index in [4.69, 9.17) is 5.11 Å². The number of benzene rings is 1. The summed E-state index contributed by atoms with van der Waals surface area (Å²) in [5.74, 6) is -0.758. The van der Waals surface area contributed by atoms with Gasteiger partial charge in [0.25, 0.3) is 0 Å². The molecule has 3 nitrogen and oxygen atoms in total. The average Bonchev–Trinajstić information content (AvgIpc) is 2.27. The molecule has 16 heavy (non-hydrogen) atoms. The Morgan fingerprint density at radius 3 is 2.94 bits per heavy atom. The predicted octanol–water partition coefficient (Wildman–Crippen LogP) is 1.69. The van der Waals surface area contributed by atoms with E-state index in [-0.39, 0.29) is 6.42 Å². The molecule has 1 aromatic carbocycles. The molecule has 0 unspecified atom stereocenters. The van der Waals surface area contributed by atoms with Gasteiger partial charge in [-0.1, -0.05) is 25.1 Å². The van der Waals surface area contributed by atoms with E-state index in [2.05, 4.69) is 24.0 Å². The second-order valence-electron chi connectivity index (χ2n) is 4.29. The zero-order valence-electron chi connectivity index (χ0n) is 9.57. The maximum Gasteiger partial charge on any atom is 0.307 e. The van der Waals surface area contributed by atoms with Crippen molar-refractivity contribution in [3.05, 3.63) is 34.9 Å². The van der Waals surface area contributed by atoms with Crippen LogP contribution in [0.5, 0.6) is 0 Å². The van der Waals surface area contributed by atoms with E-state index in [0.29, 0.717) is 0 Å². The zero-order valence-corrected chi connectivity index (χ0v) is 9.57. The van der Waals surface area contributed by atoms with E-state index in [1.807, 2.05) is 6.07 Å². The lowest BCUT2D eigenvalue weighted by Crippen LogP contribution is -2.30. The Kier molecular flexibility index (Phi) is 3.25. The van der Waals surface area contributed by atoms with Crippen LogP contribution in [0.2, 0.25) is 0 Å². The molecular weight excluding hydrogens is 202 g/mol. The van der Waals surface area contributed by atoms with Crippen LogP contribution < -0.4 is 0 Å². The highest BCUT2D eigenvalue weighted by Gasteiger charge is 2.15. The van der Waals surface area contributed by atoms with Crippen molar-refractivity contribution in [2.75, 3.05) is 13.1 Å². The Morgan fingerprint density at radius 1 is 1.44 bits per heavy atom. The fourth-order valence-electron chi connectivity index (χ4n) is 2.22. The van der Waals surface area contributed by atoms with Crippen LogP contribution in [0.25, 0.3) is 0 Å². The summed E-state index contributed by atoms with van der Waals surface area (Å²) in [6.07, 6.45) is 1.17. The van der Waals surface area contributed by atoms with Crippen molar-refractivity contribution in [1.29, 1.82) is 0 Å². The molecule has 0 saturated heterocycles. The first-order chi connectivity index (χ1) is 7.69. The molecule has 0 spiro atoms. The monoisotopic (exact) mass is 219 g/mol. The molecule has 1 aliphatic rings. The molecular formula is C13H17NO2. The summed E-state index contributed by atoms with van der Waals surface area (Å²) in [4.78, 5) is 13.0. The minimum absolute atomic E-state index is 0.130. The highest BCUT2D eigenvalue weighted by atomic mass is 16.4. The second kappa shape index (κ2) is 4.66. The lowest BCUT2D eigenvalue weighted by atomic mass is 9.96. The quantitative estimate of drug-likeness (QED) is 0.841. The van der Waals surface area contributed by atoms with Crippen LogP contribution in [0.4, 0.5) is 0 Å². The molecule has 1 heterocycles. The van der Waals surface area contributed by atoms with E-state index >= 15 is 0 Å². The number of carboxylic acid groups (broad SMARTS) is 1. The van der Waals surface area contributed by atoms with Gasteiger partial charge in [-0.05, 0) is 29.7 Å². The molecule has 0 bridgehead atoms. The molecule has 2 rings (SSSR count). The largest absolute Gasteiger partial charge is 0.481 e. The van der Waals surface area contributed by atoms with Gasteiger partial charge in [-0.3, -0.25) is 9.69 Å². The third-order valence-electron chi connectivity index (χ3n) is 3.16. The van der Waals surface area contributed by atoms with Crippen LogP contribution in [0.3, 0.4) is 0 Å². The zero-order chi connectivity index (χ0) is 11.5. The predicted molar refractivity (Wildman–Crippen MR) is 62.4 cm³/mol. The molecule has 86 valence electrons. The standard InChI is InChI=1S/C13H17NO2/c1-2-14-6-5-11-7-10(8-13(15)16)3-4-12(11)9-14/h3-4,7H,2,5-6,8-9H2,1H3,(H,15,16). The Bertz CT molecular complexity index is 401. The maximum atomic E-state index is 10.6. The maximum absolute atomic E-state index is 10.6. The third-order valence-corrected chi connectivity index (χ3v) is 3.16. The van der Waals surface area contributed by atoms with Gasteiger partial charge in [0.05, 0.1) is 6.42 Å². The molecule has 1 aromatic rings. The number of aliphatic carboxylic acids is 1. The fourth-order valence-corrected chi connectivity index (χ4v) is 2.22. The molecule has 0 amide bonds. The van der Waals surface area contributed by atoms with Crippen LogP contribution in [0.1, 0.15) is 23.6 Å². The van der Waals surface area contributed by atoms with Crippen LogP contribution in [-0.4, -0.2) is 29.1 Å². The summed E-state index contributed by atoms with van der Waals surface area (Å²) < 4.78 is 0. The number of carbonyl (C=O) groups is 1. The van der Waals surface area contributed by atoms with Crippen LogP contribution >= 0.6 is 0 Å². The minimum Gasteiger partial charge on any atom is -0.481 e. The lowest BCUT2D eigenvalue weighted by Gasteiger charge is -2.27. The van der Waals surface area contributed by atoms with E-state index in [1.54, 1.807) is 0 Å². The molecule has 1 N–H and O–H groups in total. The van der Waals surface area contributed by atoms with Gasteiger partial charge in [-0.25, -0.2) is 0 Å². The van der Waals surface area contributed by atoms with Gasteiger partial charge in [-0.15, -0.1) is 0 Å². The number of hydrogen-bond acceptors (Lipinski definition) is 2. The molecule has 0 saturated carbocycles. The molecule has 0 fully saturated rings. The summed E-state index contributed by atoms with van der Waals surface area (Å²) in [5, 5.41) is 8.74. The van der Waals surface area contributed by atoms with Crippen molar-refractivity contribution < 1.29 is 9.90 Å². The number of rotatable bonds is 3. The SMILES string of the molecule is CCN1CCc2cc(CC(=O)O)ccc2C1. The summed E-state index contributed by atoms with van der Waals surface area (Å²) in [6.45, 7) is 5.33. The fraction of sp³-hybridized carbons (Fsp3) is 0.462. The number of likely N-dealkylation sites (N-methyl/N-ethyl adjacent to an activating group) is 1. The summed E-state index contributed by atoms with van der Waals surface area (Å²) in [6, 6.07) is 6.07.